The van der Waals surface area contributed by atoms with Gasteiger partial charge < -0.3 is 14.9 Å². The van der Waals surface area contributed by atoms with Crippen molar-refractivity contribution in [3.63, 3.8) is 0 Å². The smallest absolute Gasteiger partial charge is 0.450 e. The number of epoxide rings is 1. The molecule has 1 atom stereocenters. The van der Waals surface area contributed by atoms with E-state index < -0.39 is 6.16 Å². The van der Waals surface area contributed by atoms with Gasteiger partial charge in [-0.2, -0.15) is 0 Å². The zero-order valence-corrected chi connectivity index (χ0v) is 6.88. The molecule has 1 aliphatic heterocycles. The van der Waals surface area contributed by atoms with Crippen LogP contribution in [0.4, 0.5) is 4.79 Å². The van der Waals surface area contributed by atoms with Crippen molar-refractivity contribution in [1.82, 2.24) is 0 Å². The van der Waals surface area contributed by atoms with Gasteiger partial charge in [0.15, 0.2) is 0 Å². The first kappa shape index (κ1) is 9.54. The van der Waals surface area contributed by atoms with Gasteiger partial charge in [0, 0.05) is 0 Å². The lowest BCUT2D eigenvalue weighted by molar-refractivity contribution is 0.137. The minimum atomic E-state index is -1.83. The summed E-state index contributed by atoms with van der Waals surface area (Å²) in [7, 11) is 0. The van der Waals surface area contributed by atoms with Gasteiger partial charge >= 0.3 is 6.16 Å². The molecule has 1 heterocycles. The molecule has 0 saturated carbocycles. The fraction of sp³-hybridized carbons (Fsp3) is 0.222. The van der Waals surface area contributed by atoms with E-state index >= 15 is 0 Å². The Morgan fingerprint density at radius 2 is 1.77 bits per heavy atom. The largest absolute Gasteiger partial charge is 0.503 e. The second-order valence-corrected chi connectivity index (χ2v) is 2.52. The highest BCUT2D eigenvalue weighted by molar-refractivity contribution is 5.53. The molecule has 0 aromatic heterocycles. The lowest BCUT2D eigenvalue weighted by Gasteiger charge is -1.89. The summed E-state index contributed by atoms with van der Waals surface area (Å²) in [6.07, 6.45) is -1.42. The van der Waals surface area contributed by atoms with Crippen molar-refractivity contribution >= 4 is 6.16 Å². The SMILES string of the molecule is O=C(O)O.c1ccc(C2CO2)cc1. The van der Waals surface area contributed by atoms with Crippen molar-refractivity contribution < 1.29 is 19.7 Å². The van der Waals surface area contributed by atoms with E-state index in [9.17, 15) is 0 Å². The molecule has 1 unspecified atom stereocenters. The molecule has 0 bridgehead atoms. The molecule has 1 saturated heterocycles. The van der Waals surface area contributed by atoms with Crippen LogP contribution in [0.15, 0.2) is 30.3 Å². The summed E-state index contributed by atoms with van der Waals surface area (Å²) in [5.41, 5.74) is 1.30. The Morgan fingerprint density at radius 1 is 1.31 bits per heavy atom. The van der Waals surface area contributed by atoms with Crippen molar-refractivity contribution in [2.45, 2.75) is 6.10 Å². The first-order chi connectivity index (χ1) is 6.20. The summed E-state index contributed by atoms with van der Waals surface area (Å²) in [4.78, 5) is 8.56. The Hall–Kier alpha value is -1.55. The highest BCUT2D eigenvalue weighted by atomic mass is 16.6. The summed E-state index contributed by atoms with van der Waals surface area (Å²) >= 11 is 0. The highest BCUT2D eigenvalue weighted by Crippen LogP contribution is 2.28. The molecule has 1 fully saturated rings. The van der Waals surface area contributed by atoms with Crippen LogP contribution in [-0.2, 0) is 4.74 Å². The molecule has 4 heteroatoms. The quantitative estimate of drug-likeness (QED) is 0.651. The van der Waals surface area contributed by atoms with Gasteiger partial charge in [-0.25, -0.2) is 4.79 Å². The number of carbonyl (C=O) groups is 1. The first-order valence-electron chi connectivity index (χ1n) is 3.78. The minimum absolute atomic E-state index is 0.409. The second kappa shape index (κ2) is 4.47. The second-order valence-electron chi connectivity index (χ2n) is 2.52. The zero-order valence-electron chi connectivity index (χ0n) is 6.88. The van der Waals surface area contributed by atoms with E-state index in [1.807, 2.05) is 18.2 Å². The third kappa shape index (κ3) is 4.12. The van der Waals surface area contributed by atoms with Crippen molar-refractivity contribution in [3.8, 4) is 0 Å². The molecular formula is C9H10O4. The Morgan fingerprint density at radius 3 is 2.15 bits per heavy atom. The Kier molecular flexibility index (Phi) is 3.28. The van der Waals surface area contributed by atoms with E-state index in [-0.39, 0.29) is 0 Å². The molecular weight excluding hydrogens is 172 g/mol. The predicted molar refractivity (Wildman–Crippen MR) is 45.8 cm³/mol. The Balaban J connectivity index is 0.000000184. The maximum Gasteiger partial charge on any atom is 0.503 e. The van der Waals surface area contributed by atoms with Crippen molar-refractivity contribution in [1.29, 1.82) is 0 Å². The van der Waals surface area contributed by atoms with Crippen molar-refractivity contribution in [2.75, 3.05) is 6.61 Å². The number of carboxylic acid groups (broad SMARTS) is 2. The molecule has 4 nitrogen and oxygen atoms in total. The third-order valence-electron chi connectivity index (χ3n) is 1.50. The fourth-order valence-corrected chi connectivity index (χ4v) is 0.908. The van der Waals surface area contributed by atoms with Gasteiger partial charge in [-0.05, 0) is 5.56 Å². The number of ether oxygens (including phenoxy) is 1. The van der Waals surface area contributed by atoms with E-state index in [1.54, 1.807) is 0 Å². The number of hydrogen-bond acceptors (Lipinski definition) is 2. The molecule has 13 heavy (non-hydrogen) atoms. The van der Waals surface area contributed by atoms with Crippen LogP contribution in [0.1, 0.15) is 11.7 Å². The Bertz CT molecular complexity index is 262. The zero-order chi connectivity index (χ0) is 9.68. The molecule has 1 aromatic carbocycles. The van der Waals surface area contributed by atoms with Gasteiger partial charge in [0.1, 0.15) is 6.10 Å². The third-order valence-corrected chi connectivity index (χ3v) is 1.50. The summed E-state index contributed by atoms with van der Waals surface area (Å²) in [6, 6.07) is 10.3. The Labute approximate surface area is 75.4 Å². The maximum atomic E-state index is 8.56. The molecule has 0 radical (unpaired) electrons. The molecule has 70 valence electrons. The minimum Gasteiger partial charge on any atom is -0.450 e. The van der Waals surface area contributed by atoms with E-state index in [4.69, 9.17) is 19.7 Å². The van der Waals surface area contributed by atoms with Crippen LogP contribution in [0.25, 0.3) is 0 Å². The average Bonchev–Trinajstić information content (AvgIpc) is 2.87. The van der Waals surface area contributed by atoms with Gasteiger partial charge in [0.25, 0.3) is 0 Å². The van der Waals surface area contributed by atoms with Crippen LogP contribution in [0, 0.1) is 0 Å². The molecule has 0 amide bonds. The summed E-state index contributed by atoms with van der Waals surface area (Å²) in [5.74, 6) is 0. The van der Waals surface area contributed by atoms with Crippen molar-refractivity contribution in [2.24, 2.45) is 0 Å². The van der Waals surface area contributed by atoms with Gasteiger partial charge in [0.05, 0.1) is 6.61 Å². The molecule has 1 aliphatic rings. The van der Waals surface area contributed by atoms with Crippen LogP contribution >= 0.6 is 0 Å². The topological polar surface area (TPSA) is 70.1 Å². The standard InChI is InChI=1S/C8H8O.CH2O3/c1-2-4-7(5-3-1)8-6-9-8;2-1(3)4/h1-5,8H,6H2;(H2,2,3,4). The van der Waals surface area contributed by atoms with Crippen LogP contribution < -0.4 is 0 Å². The lowest BCUT2D eigenvalue weighted by Crippen LogP contribution is -1.81. The number of benzene rings is 1. The van der Waals surface area contributed by atoms with Gasteiger partial charge in [-0.15, -0.1) is 0 Å². The maximum absolute atomic E-state index is 8.56. The van der Waals surface area contributed by atoms with Crippen LogP contribution in [0.5, 0.6) is 0 Å². The molecule has 0 spiro atoms. The van der Waals surface area contributed by atoms with Crippen LogP contribution in [0.2, 0.25) is 0 Å². The first-order valence-corrected chi connectivity index (χ1v) is 3.78. The van der Waals surface area contributed by atoms with E-state index in [2.05, 4.69) is 12.1 Å². The molecule has 1 aromatic rings. The average molecular weight is 182 g/mol. The molecule has 0 aliphatic carbocycles. The van der Waals surface area contributed by atoms with E-state index in [0.29, 0.717) is 6.10 Å². The van der Waals surface area contributed by atoms with Gasteiger partial charge in [0.2, 0.25) is 0 Å². The molecule has 2 rings (SSSR count). The number of rotatable bonds is 1. The predicted octanol–water partition coefficient (Wildman–Crippen LogP) is 1.98. The monoisotopic (exact) mass is 182 g/mol. The summed E-state index contributed by atoms with van der Waals surface area (Å²) < 4.78 is 5.09. The fourth-order valence-electron chi connectivity index (χ4n) is 0.908. The highest BCUT2D eigenvalue weighted by Gasteiger charge is 2.23. The number of hydrogen-bond donors (Lipinski definition) is 2. The van der Waals surface area contributed by atoms with Crippen LogP contribution in [0.3, 0.4) is 0 Å². The lowest BCUT2D eigenvalue weighted by atomic mass is 10.2. The summed E-state index contributed by atoms with van der Waals surface area (Å²) in [5, 5.41) is 13.9. The summed E-state index contributed by atoms with van der Waals surface area (Å²) in [6.45, 7) is 0.907. The van der Waals surface area contributed by atoms with Gasteiger partial charge in [-0.3, -0.25) is 0 Å². The van der Waals surface area contributed by atoms with E-state index in [0.717, 1.165) is 6.61 Å². The normalized spacial score (nSPS) is 18.3. The van der Waals surface area contributed by atoms with E-state index in [1.165, 1.54) is 5.56 Å². The van der Waals surface area contributed by atoms with Crippen LogP contribution in [-0.4, -0.2) is 23.0 Å². The van der Waals surface area contributed by atoms with Gasteiger partial charge in [-0.1, -0.05) is 30.3 Å². The van der Waals surface area contributed by atoms with Crippen molar-refractivity contribution in [3.05, 3.63) is 35.9 Å². The molecule has 2 N–H and O–H groups in total.